The second-order valence-corrected chi connectivity index (χ2v) is 2.89. The van der Waals surface area contributed by atoms with Crippen molar-refractivity contribution in [2.24, 2.45) is 0 Å². The summed E-state index contributed by atoms with van der Waals surface area (Å²) in [7, 11) is 0. The zero-order valence-corrected chi connectivity index (χ0v) is 6.95. The molecule has 2 rings (SSSR count). The van der Waals surface area contributed by atoms with E-state index >= 15 is 0 Å². The van der Waals surface area contributed by atoms with Crippen LogP contribution >= 0.6 is 0 Å². The Hall–Kier alpha value is -1.00. The molecule has 2 heterocycles. The van der Waals surface area contributed by atoms with Crippen LogP contribution < -0.4 is 5.48 Å². The molecule has 1 aliphatic rings. The van der Waals surface area contributed by atoms with Crippen LogP contribution in [0.5, 0.6) is 0 Å². The maximum atomic E-state index is 5.02. The van der Waals surface area contributed by atoms with Gasteiger partial charge in [0.2, 0.25) is 0 Å². The molecule has 1 aromatic rings. The van der Waals surface area contributed by atoms with Crippen LogP contribution in [0.3, 0.4) is 0 Å². The highest BCUT2D eigenvalue weighted by atomic mass is 16.7. The fourth-order valence-electron chi connectivity index (χ4n) is 1.19. The number of rotatable bonds is 1. The predicted octanol–water partition coefficient (Wildman–Crippen LogP) is 0.751. The molecule has 0 unspecified atom stereocenters. The van der Waals surface area contributed by atoms with Crippen LogP contribution in [-0.4, -0.2) is 16.6 Å². The Bertz CT molecular complexity index is 254. The molecule has 0 spiro atoms. The van der Waals surface area contributed by atoms with E-state index in [4.69, 9.17) is 4.84 Å². The third kappa shape index (κ3) is 1.44. The molecule has 0 bridgehead atoms. The first kappa shape index (κ1) is 7.64. The number of nitrogens with zero attached hydrogens (tertiary/aromatic N) is 2. The summed E-state index contributed by atoms with van der Waals surface area (Å²) < 4.78 is 0. The van der Waals surface area contributed by atoms with E-state index in [1.165, 1.54) is 0 Å². The van der Waals surface area contributed by atoms with Gasteiger partial charge in [-0.1, -0.05) is 0 Å². The summed E-state index contributed by atoms with van der Waals surface area (Å²) in [5.74, 6) is 0. The maximum absolute atomic E-state index is 5.02. The Morgan fingerprint density at radius 3 is 3.00 bits per heavy atom. The van der Waals surface area contributed by atoms with Crippen LogP contribution in [-0.2, 0) is 4.84 Å². The maximum Gasteiger partial charge on any atom is 0.0781 e. The van der Waals surface area contributed by atoms with Gasteiger partial charge < -0.3 is 4.84 Å². The van der Waals surface area contributed by atoms with E-state index in [1.54, 1.807) is 12.4 Å². The molecule has 1 fully saturated rings. The summed E-state index contributed by atoms with van der Waals surface area (Å²) >= 11 is 0. The van der Waals surface area contributed by atoms with Gasteiger partial charge in [0.05, 0.1) is 30.2 Å². The summed E-state index contributed by atoms with van der Waals surface area (Å²) in [6, 6.07) is 0.220. The molecular formula is C8H11N3O. The third-order valence-electron chi connectivity index (χ3n) is 1.89. The van der Waals surface area contributed by atoms with Crippen LogP contribution in [0.15, 0.2) is 12.4 Å². The third-order valence-corrected chi connectivity index (χ3v) is 1.89. The summed E-state index contributed by atoms with van der Waals surface area (Å²) in [5.41, 5.74) is 4.79. The first-order valence-corrected chi connectivity index (χ1v) is 4.02. The van der Waals surface area contributed by atoms with Gasteiger partial charge in [-0.15, -0.1) is 0 Å². The molecule has 0 radical (unpaired) electrons. The minimum absolute atomic E-state index is 0.220. The number of hydroxylamine groups is 1. The van der Waals surface area contributed by atoms with Gasteiger partial charge in [-0.3, -0.25) is 9.97 Å². The molecule has 1 atom stereocenters. The van der Waals surface area contributed by atoms with E-state index in [-0.39, 0.29) is 6.04 Å². The fraction of sp³-hybridized carbons (Fsp3) is 0.500. The minimum Gasteiger partial charge on any atom is -0.301 e. The van der Waals surface area contributed by atoms with Crippen molar-refractivity contribution < 1.29 is 4.84 Å². The highest BCUT2D eigenvalue weighted by molar-refractivity contribution is 5.05. The molecule has 0 saturated carbocycles. The Morgan fingerprint density at radius 2 is 2.42 bits per heavy atom. The van der Waals surface area contributed by atoms with Gasteiger partial charge in [-0.2, -0.15) is 5.48 Å². The standard InChI is InChI=1S/C8H11N3O/c1-6-4-10-8(5-9-6)7-2-3-12-11-7/h4-5,7,11H,2-3H2,1H3/t7-/m0/s1. The van der Waals surface area contributed by atoms with Crippen molar-refractivity contribution >= 4 is 0 Å². The predicted molar refractivity (Wildman–Crippen MR) is 43.2 cm³/mol. The van der Waals surface area contributed by atoms with Crippen molar-refractivity contribution in [3.05, 3.63) is 23.8 Å². The summed E-state index contributed by atoms with van der Waals surface area (Å²) in [4.78, 5) is 13.4. The lowest BCUT2D eigenvalue weighted by Gasteiger charge is -2.06. The van der Waals surface area contributed by atoms with Crippen molar-refractivity contribution in [2.75, 3.05) is 6.61 Å². The zero-order chi connectivity index (χ0) is 8.39. The van der Waals surface area contributed by atoms with Gasteiger partial charge in [0.15, 0.2) is 0 Å². The molecule has 64 valence electrons. The monoisotopic (exact) mass is 165 g/mol. The number of hydrogen-bond donors (Lipinski definition) is 1. The Kier molecular flexibility index (Phi) is 2.01. The number of hydrogen-bond acceptors (Lipinski definition) is 4. The molecule has 12 heavy (non-hydrogen) atoms. The van der Waals surface area contributed by atoms with Gasteiger partial charge in [-0.25, -0.2) is 0 Å². The summed E-state index contributed by atoms with van der Waals surface area (Å²) in [6.07, 6.45) is 4.54. The smallest absolute Gasteiger partial charge is 0.0781 e. The van der Waals surface area contributed by atoms with Crippen molar-refractivity contribution in [3.63, 3.8) is 0 Å². The van der Waals surface area contributed by atoms with Gasteiger partial charge in [0.1, 0.15) is 0 Å². The SMILES string of the molecule is Cc1cnc([C@@H]2CCON2)cn1. The topological polar surface area (TPSA) is 47.0 Å². The molecule has 0 aromatic carbocycles. The summed E-state index contributed by atoms with van der Waals surface area (Å²) in [6.45, 7) is 2.68. The Morgan fingerprint density at radius 1 is 1.50 bits per heavy atom. The lowest BCUT2D eigenvalue weighted by Crippen LogP contribution is -2.13. The Balaban J connectivity index is 2.17. The zero-order valence-electron chi connectivity index (χ0n) is 6.95. The molecule has 1 aliphatic heterocycles. The molecule has 1 saturated heterocycles. The first-order valence-electron chi connectivity index (χ1n) is 4.02. The molecule has 1 aromatic heterocycles. The quantitative estimate of drug-likeness (QED) is 0.667. The molecule has 4 heteroatoms. The lowest BCUT2D eigenvalue weighted by atomic mass is 10.2. The van der Waals surface area contributed by atoms with Crippen LogP contribution in [0.4, 0.5) is 0 Å². The molecule has 0 amide bonds. The van der Waals surface area contributed by atoms with Gasteiger partial charge in [0, 0.05) is 6.20 Å². The highest BCUT2D eigenvalue weighted by Crippen LogP contribution is 2.17. The van der Waals surface area contributed by atoms with Crippen molar-refractivity contribution in [2.45, 2.75) is 19.4 Å². The van der Waals surface area contributed by atoms with Crippen molar-refractivity contribution in [1.82, 2.24) is 15.4 Å². The van der Waals surface area contributed by atoms with E-state index < -0.39 is 0 Å². The highest BCUT2D eigenvalue weighted by Gasteiger charge is 2.18. The van der Waals surface area contributed by atoms with E-state index in [2.05, 4.69) is 15.4 Å². The van der Waals surface area contributed by atoms with E-state index in [1.807, 2.05) is 6.92 Å². The van der Waals surface area contributed by atoms with Gasteiger partial charge in [0.25, 0.3) is 0 Å². The van der Waals surface area contributed by atoms with Gasteiger partial charge in [-0.05, 0) is 13.3 Å². The fourth-order valence-corrected chi connectivity index (χ4v) is 1.19. The van der Waals surface area contributed by atoms with E-state index in [0.717, 1.165) is 24.4 Å². The number of aromatic nitrogens is 2. The largest absolute Gasteiger partial charge is 0.301 e. The molecule has 0 aliphatic carbocycles. The first-order chi connectivity index (χ1) is 5.86. The second-order valence-electron chi connectivity index (χ2n) is 2.89. The van der Waals surface area contributed by atoms with Crippen LogP contribution in [0.1, 0.15) is 23.9 Å². The molecular weight excluding hydrogens is 154 g/mol. The number of nitrogens with one attached hydrogen (secondary N) is 1. The second kappa shape index (κ2) is 3.16. The van der Waals surface area contributed by atoms with E-state index in [0.29, 0.717) is 0 Å². The number of aryl methyl sites for hydroxylation is 1. The van der Waals surface area contributed by atoms with Crippen LogP contribution in [0.2, 0.25) is 0 Å². The average Bonchev–Trinajstić information content (AvgIpc) is 2.58. The summed E-state index contributed by atoms with van der Waals surface area (Å²) in [5, 5.41) is 0. The normalized spacial score (nSPS) is 22.9. The molecule has 4 nitrogen and oxygen atoms in total. The minimum atomic E-state index is 0.220. The van der Waals surface area contributed by atoms with Gasteiger partial charge >= 0.3 is 0 Å². The average molecular weight is 165 g/mol. The van der Waals surface area contributed by atoms with Crippen LogP contribution in [0, 0.1) is 6.92 Å². The van der Waals surface area contributed by atoms with Crippen LogP contribution in [0.25, 0.3) is 0 Å². The Labute approximate surface area is 70.9 Å². The van der Waals surface area contributed by atoms with E-state index in [9.17, 15) is 0 Å². The lowest BCUT2D eigenvalue weighted by molar-refractivity contribution is 0.0876. The molecule has 1 N–H and O–H groups in total. The van der Waals surface area contributed by atoms with Crippen molar-refractivity contribution in [3.8, 4) is 0 Å². The van der Waals surface area contributed by atoms with Crippen molar-refractivity contribution in [1.29, 1.82) is 0 Å².